The van der Waals surface area contributed by atoms with Crippen LogP contribution in [0.2, 0.25) is 0 Å². The molecule has 0 aliphatic carbocycles. The lowest BCUT2D eigenvalue weighted by Gasteiger charge is -2.30. The fourth-order valence-electron chi connectivity index (χ4n) is 2.34. The highest BCUT2D eigenvalue weighted by molar-refractivity contribution is 9.10. The molecule has 25 heavy (non-hydrogen) atoms. The first-order chi connectivity index (χ1) is 11.6. The van der Waals surface area contributed by atoms with Gasteiger partial charge in [0.25, 0.3) is 0 Å². The van der Waals surface area contributed by atoms with Crippen LogP contribution in [-0.2, 0) is 19.6 Å². The lowest BCUT2D eigenvalue weighted by molar-refractivity contribution is -0.145. The molecule has 0 radical (unpaired) electrons. The van der Waals surface area contributed by atoms with Crippen LogP contribution in [0.15, 0.2) is 27.6 Å². The van der Waals surface area contributed by atoms with Crippen molar-refractivity contribution in [1.29, 1.82) is 0 Å². The molecule has 0 heterocycles. The van der Waals surface area contributed by atoms with Crippen molar-refractivity contribution in [3.05, 3.63) is 28.5 Å². The van der Waals surface area contributed by atoms with Gasteiger partial charge in [-0.2, -0.15) is 4.31 Å². The number of sulfonamides is 1. The average molecular weight is 434 g/mol. The Balaban J connectivity index is 3.44. The van der Waals surface area contributed by atoms with Gasteiger partial charge in [-0.15, -0.1) is 12.3 Å². The van der Waals surface area contributed by atoms with Gasteiger partial charge < -0.3 is 4.74 Å². The quantitative estimate of drug-likeness (QED) is 0.466. The Morgan fingerprint density at radius 2 is 2.08 bits per heavy atom. The van der Waals surface area contributed by atoms with Crippen LogP contribution in [0.25, 0.3) is 0 Å². The molecule has 1 atom stereocenters. The van der Waals surface area contributed by atoms with Crippen molar-refractivity contribution in [2.24, 2.45) is 5.92 Å². The smallest absolute Gasteiger partial charge is 0.324 e. The van der Waals surface area contributed by atoms with Crippen molar-refractivity contribution < 1.29 is 22.3 Å². The number of nitrogens with zero attached hydrogens (tertiary/aromatic N) is 1. The number of terminal acetylenes is 1. The number of esters is 1. The summed E-state index contributed by atoms with van der Waals surface area (Å²) < 4.78 is 45.4. The van der Waals surface area contributed by atoms with E-state index in [0.717, 1.165) is 22.5 Å². The van der Waals surface area contributed by atoms with E-state index < -0.39 is 27.9 Å². The Bertz CT molecular complexity index is 758. The van der Waals surface area contributed by atoms with Crippen molar-refractivity contribution in [2.75, 3.05) is 13.7 Å². The van der Waals surface area contributed by atoms with E-state index in [1.54, 1.807) is 0 Å². The predicted molar refractivity (Wildman–Crippen MR) is 96.7 cm³/mol. The highest BCUT2D eigenvalue weighted by Gasteiger charge is 2.37. The third kappa shape index (κ3) is 5.53. The van der Waals surface area contributed by atoms with Gasteiger partial charge >= 0.3 is 5.97 Å². The molecule has 0 aliphatic rings. The third-order valence-corrected chi connectivity index (χ3v) is 6.36. The lowest BCUT2D eigenvalue weighted by Crippen LogP contribution is -2.46. The number of hydrogen-bond donors (Lipinski definition) is 0. The van der Waals surface area contributed by atoms with Gasteiger partial charge in [-0.25, -0.2) is 12.8 Å². The van der Waals surface area contributed by atoms with E-state index in [9.17, 15) is 17.6 Å². The number of hydrogen-bond acceptors (Lipinski definition) is 4. The van der Waals surface area contributed by atoms with Gasteiger partial charge in [-0.3, -0.25) is 4.79 Å². The third-order valence-electron chi connectivity index (χ3n) is 3.47. The maximum atomic E-state index is 13.3. The fourth-order valence-corrected chi connectivity index (χ4v) is 4.94. The molecule has 0 amide bonds. The van der Waals surface area contributed by atoms with E-state index >= 15 is 0 Å². The standard InChI is InChI=1S/C17H21BrFNO4S/c1-5-6-9-20(15(10-12(2)3)17(21)24-4)25(22,23)16-8-7-13(19)11-14(16)18/h1,7-8,11-12,15H,6,9-10H2,2-4H3/t15-/m0/s1. The Morgan fingerprint density at radius 3 is 2.56 bits per heavy atom. The van der Waals surface area contributed by atoms with Crippen LogP contribution in [0, 0.1) is 24.1 Å². The summed E-state index contributed by atoms with van der Waals surface area (Å²) in [5, 5.41) is 0. The molecule has 0 aromatic heterocycles. The zero-order valence-electron chi connectivity index (χ0n) is 14.3. The molecule has 0 saturated heterocycles. The number of methoxy groups -OCH3 is 1. The molecule has 0 N–H and O–H groups in total. The zero-order valence-corrected chi connectivity index (χ0v) is 16.7. The van der Waals surface area contributed by atoms with Crippen LogP contribution < -0.4 is 0 Å². The molecule has 1 aromatic rings. The molecule has 1 aromatic carbocycles. The molecule has 138 valence electrons. The van der Waals surface area contributed by atoms with Crippen LogP contribution in [0.5, 0.6) is 0 Å². The van der Waals surface area contributed by atoms with E-state index in [2.05, 4.69) is 21.9 Å². The van der Waals surface area contributed by atoms with Crippen molar-refractivity contribution in [1.82, 2.24) is 4.31 Å². The van der Waals surface area contributed by atoms with E-state index in [-0.39, 0.29) is 34.7 Å². The van der Waals surface area contributed by atoms with Crippen LogP contribution in [0.1, 0.15) is 26.7 Å². The largest absolute Gasteiger partial charge is 0.468 e. The summed E-state index contributed by atoms with van der Waals surface area (Å²) in [4.78, 5) is 12.1. The van der Waals surface area contributed by atoms with Gasteiger partial charge in [0.15, 0.2) is 0 Å². The summed E-state index contributed by atoms with van der Waals surface area (Å²) in [6.45, 7) is 3.70. The van der Waals surface area contributed by atoms with E-state index in [0.29, 0.717) is 0 Å². The topological polar surface area (TPSA) is 63.7 Å². The van der Waals surface area contributed by atoms with E-state index in [1.807, 2.05) is 13.8 Å². The predicted octanol–water partition coefficient (Wildman–Crippen LogP) is 3.19. The normalized spacial score (nSPS) is 12.9. The zero-order chi connectivity index (χ0) is 19.2. The van der Waals surface area contributed by atoms with Crippen LogP contribution in [0.3, 0.4) is 0 Å². The van der Waals surface area contributed by atoms with Crippen molar-refractivity contribution in [2.45, 2.75) is 37.6 Å². The number of benzene rings is 1. The molecule has 8 heteroatoms. The minimum atomic E-state index is -4.10. The van der Waals surface area contributed by atoms with Crippen LogP contribution in [0.4, 0.5) is 4.39 Å². The van der Waals surface area contributed by atoms with Gasteiger partial charge in [0.1, 0.15) is 11.9 Å². The Hall–Kier alpha value is -1.43. The fraction of sp³-hybridized carbons (Fsp3) is 0.471. The summed E-state index contributed by atoms with van der Waals surface area (Å²) in [5.41, 5.74) is 0. The molecule has 0 saturated carbocycles. The second-order valence-electron chi connectivity index (χ2n) is 5.81. The molecular formula is C17H21BrFNO4S. The van der Waals surface area contributed by atoms with Gasteiger partial charge in [0.2, 0.25) is 10.0 Å². The molecule has 5 nitrogen and oxygen atoms in total. The minimum absolute atomic E-state index is 0.0456. The molecule has 0 unspecified atom stereocenters. The minimum Gasteiger partial charge on any atom is -0.468 e. The summed E-state index contributed by atoms with van der Waals surface area (Å²) in [6.07, 6.45) is 5.67. The summed E-state index contributed by atoms with van der Waals surface area (Å²) in [7, 11) is -2.89. The Labute approximate surface area is 156 Å². The number of carbonyl (C=O) groups is 1. The molecule has 0 bridgehead atoms. The van der Waals surface area contributed by atoms with E-state index in [4.69, 9.17) is 11.2 Å². The monoisotopic (exact) mass is 433 g/mol. The molecular weight excluding hydrogens is 413 g/mol. The van der Waals surface area contributed by atoms with Crippen molar-refractivity contribution >= 4 is 31.9 Å². The second-order valence-corrected chi connectivity index (χ2v) is 8.53. The first-order valence-electron chi connectivity index (χ1n) is 7.63. The SMILES string of the molecule is C#CCCN([C@@H](CC(C)C)C(=O)OC)S(=O)(=O)c1ccc(F)cc1Br. The number of halogens is 2. The number of rotatable bonds is 8. The number of carbonyl (C=O) groups excluding carboxylic acids is 1. The number of ether oxygens (including phenoxy) is 1. The second kappa shape index (κ2) is 9.32. The van der Waals surface area contributed by atoms with Gasteiger partial charge in [-0.1, -0.05) is 13.8 Å². The molecule has 1 rings (SSSR count). The van der Waals surface area contributed by atoms with Gasteiger partial charge in [0.05, 0.1) is 12.0 Å². The highest BCUT2D eigenvalue weighted by atomic mass is 79.9. The first kappa shape index (κ1) is 21.6. The molecule has 0 fully saturated rings. The maximum absolute atomic E-state index is 13.3. The Kier molecular flexibility index (Phi) is 8.06. The van der Waals surface area contributed by atoms with Gasteiger partial charge in [-0.05, 0) is 46.5 Å². The average Bonchev–Trinajstić information content (AvgIpc) is 2.52. The lowest BCUT2D eigenvalue weighted by atomic mass is 10.0. The summed E-state index contributed by atoms with van der Waals surface area (Å²) in [6, 6.07) is 2.25. The van der Waals surface area contributed by atoms with Crippen molar-refractivity contribution in [3.8, 4) is 12.3 Å². The highest BCUT2D eigenvalue weighted by Crippen LogP contribution is 2.29. The Morgan fingerprint density at radius 1 is 1.44 bits per heavy atom. The van der Waals surface area contributed by atoms with Crippen LogP contribution >= 0.6 is 15.9 Å². The summed E-state index contributed by atoms with van der Waals surface area (Å²) >= 11 is 3.07. The summed E-state index contributed by atoms with van der Waals surface area (Å²) in [5.74, 6) is 1.19. The molecule has 0 spiro atoms. The maximum Gasteiger partial charge on any atom is 0.324 e. The molecule has 0 aliphatic heterocycles. The van der Waals surface area contributed by atoms with Crippen LogP contribution in [-0.4, -0.2) is 38.4 Å². The van der Waals surface area contributed by atoms with E-state index in [1.165, 1.54) is 7.11 Å². The van der Waals surface area contributed by atoms with Gasteiger partial charge in [0, 0.05) is 17.4 Å². The first-order valence-corrected chi connectivity index (χ1v) is 9.86. The van der Waals surface area contributed by atoms with Crippen molar-refractivity contribution in [3.63, 3.8) is 0 Å².